The number of amides is 2. The zero-order chi connectivity index (χ0) is 19.3. The van der Waals surface area contributed by atoms with Crippen molar-refractivity contribution >= 4 is 11.8 Å². The topological polar surface area (TPSA) is 81.4 Å². The van der Waals surface area contributed by atoms with E-state index in [4.69, 9.17) is 10.5 Å². The molecule has 1 aliphatic heterocycles. The molecule has 1 fully saturated rings. The van der Waals surface area contributed by atoms with Gasteiger partial charge in [0.05, 0.1) is 5.41 Å². The van der Waals surface area contributed by atoms with Crippen LogP contribution in [0.3, 0.4) is 0 Å². The van der Waals surface area contributed by atoms with Crippen LogP contribution in [-0.4, -0.2) is 31.6 Å². The smallest absolute Gasteiger partial charge is 0.248 e. The molecule has 5 nitrogen and oxygen atoms in total. The molecular weight excluding hydrogens is 347 g/mol. The number of hydrogen-bond donors (Lipinski definition) is 2. The van der Waals surface area contributed by atoms with Crippen LogP contribution in [0, 0.1) is 5.82 Å². The standard InChI is InChI=1S/C21H23FN2O3/c22-18-6-4-17(5-7-18)21(9-12-27-13-10-21)20(26)24-11-8-15-2-1-3-16(14-15)19(23)25/h1-7,14H,8-13H2,(H2,23,25)(H,24,26). The van der Waals surface area contributed by atoms with E-state index in [2.05, 4.69) is 5.32 Å². The molecule has 142 valence electrons. The van der Waals surface area contributed by atoms with Gasteiger partial charge < -0.3 is 15.8 Å². The summed E-state index contributed by atoms with van der Waals surface area (Å²) in [7, 11) is 0. The molecule has 0 saturated carbocycles. The third-order valence-corrected chi connectivity index (χ3v) is 5.09. The zero-order valence-corrected chi connectivity index (χ0v) is 15.0. The summed E-state index contributed by atoms with van der Waals surface area (Å²) in [6.07, 6.45) is 1.70. The highest BCUT2D eigenvalue weighted by molar-refractivity contribution is 5.93. The summed E-state index contributed by atoms with van der Waals surface area (Å²) in [4.78, 5) is 24.3. The third-order valence-electron chi connectivity index (χ3n) is 5.09. The average Bonchev–Trinajstić information content (AvgIpc) is 2.69. The molecule has 1 aliphatic rings. The number of benzene rings is 2. The Labute approximate surface area is 157 Å². The van der Waals surface area contributed by atoms with E-state index in [1.54, 1.807) is 30.3 Å². The van der Waals surface area contributed by atoms with Crippen molar-refractivity contribution in [1.82, 2.24) is 5.32 Å². The Morgan fingerprint density at radius 1 is 1.11 bits per heavy atom. The van der Waals surface area contributed by atoms with Crippen molar-refractivity contribution in [2.45, 2.75) is 24.7 Å². The molecule has 6 heteroatoms. The summed E-state index contributed by atoms with van der Waals surface area (Å²) in [5, 5.41) is 3.00. The highest BCUT2D eigenvalue weighted by atomic mass is 19.1. The van der Waals surface area contributed by atoms with Gasteiger partial charge in [0.15, 0.2) is 0 Å². The minimum Gasteiger partial charge on any atom is -0.381 e. The molecule has 2 aromatic carbocycles. The number of hydrogen-bond acceptors (Lipinski definition) is 3. The van der Waals surface area contributed by atoms with Crippen LogP contribution >= 0.6 is 0 Å². The van der Waals surface area contributed by atoms with E-state index >= 15 is 0 Å². The second-order valence-electron chi connectivity index (χ2n) is 6.77. The van der Waals surface area contributed by atoms with Crippen LogP contribution in [0.25, 0.3) is 0 Å². The number of halogens is 1. The second kappa shape index (κ2) is 8.31. The molecule has 0 spiro atoms. The van der Waals surface area contributed by atoms with Gasteiger partial charge in [-0.15, -0.1) is 0 Å². The first-order valence-corrected chi connectivity index (χ1v) is 9.02. The fraction of sp³-hybridized carbons (Fsp3) is 0.333. The minimum absolute atomic E-state index is 0.0801. The van der Waals surface area contributed by atoms with Gasteiger partial charge in [0.2, 0.25) is 11.8 Å². The first kappa shape index (κ1) is 19.0. The fourth-order valence-corrected chi connectivity index (χ4v) is 3.51. The van der Waals surface area contributed by atoms with Gasteiger partial charge in [-0.1, -0.05) is 24.3 Å². The number of nitrogens with two attached hydrogens (primary N) is 1. The molecule has 27 heavy (non-hydrogen) atoms. The second-order valence-corrected chi connectivity index (χ2v) is 6.77. The first-order chi connectivity index (χ1) is 13.0. The molecular formula is C21H23FN2O3. The lowest BCUT2D eigenvalue weighted by Gasteiger charge is -2.36. The van der Waals surface area contributed by atoms with E-state index in [0.717, 1.165) is 11.1 Å². The normalized spacial score (nSPS) is 15.9. The molecule has 1 saturated heterocycles. The monoisotopic (exact) mass is 370 g/mol. The Morgan fingerprint density at radius 3 is 2.48 bits per heavy atom. The zero-order valence-electron chi connectivity index (χ0n) is 15.0. The van der Waals surface area contributed by atoms with E-state index in [1.165, 1.54) is 12.1 Å². The summed E-state index contributed by atoms with van der Waals surface area (Å²) in [6, 6.07) is 13.2. The van der Waals surface area contributed by atoms with E-state index in [9.17, 15) is 14.0 Å². The molecule has 0 aliphatic carbocycles. The van der Waals surface area contributed by atoms with Crippen LogP contribution in [0.5, 0.6) is 0 Å². The van der Waals surface area contributed by atoms with Crippen molar-refractivity contribution < 1.29 is 18.7 Å². The maximum Gasteiger partial charge on any atom is 0.248 e. The largest absolute Gasteiger partial charge is 0.381 e. The molecule has 0 aromatic heterocycles. The van der Waals surface area contributed by atoms with E-state index in [1.807, 2.05) is 6.07 Å². The number of ether oxygens (including phenoxy) is 1. The van der Waals surface area contributed by atoms with Gasteiger partial charge in [-0.05, 0) is 54.7 Å². The highest BCUT2D eigenvalue weighted by Crippen LogP contribution is 2.35. The molecule has 0 radical (unpaired) electrons. The minimum atomic E-state index is -0.707. The van der Waals surface area contributed by atoms with Crippen molar-refractivity contribution in [1.29, 1.82) is 0 Å². The molecule has 0 unspecified atom stereocenters. The number of rotatable bonds is 6. The van der Waals surface area contributed by atoms with Crippen LogP contribution in [-0.2, 0) is 21.4 Å². The predicted octanol–water partition coefficient (Wildman–Crippen LogP) is 2.33. The number of carbonyl (C=O) groups is 2. The maximum atomic E-state index is 13.3. The van der Waals surface area contributed by atoms with Crippen LogP contribution in [0.4, 0.5) is 4.39 Å². The van der Waals surface area contributed by atoms with E-state index in [0.29, 0.717) is 44.6 Å². The fourth-order valence-electron chi connectivity index (χ4n) is 3.51. The Balaban J connectivity index is 1.69. The lowest BCUT2D eigenvalue weighted by Crippen LogP contribution is -2.48. The molecule has 2 amide bonds. The van der Waals surface area contributed by atoms with E-state index in [-0.39, 0.29) is 11.7 Å². The third kappa shape index (κ3) is 4.34. The summed E-state index contributed by atoms with van der Waals surface area (Å²) >= 11 is 0. The Bertz CT molecular complexity index is 814. The highest BCUT2D eigenvalue weighted by Gasteiger charge is 2.41. The summed E-state index contributed by atoms with van der Waals surface area (Å²) in [6.45, 7) is 1.42. The lowest BCUT2D eigenvalue weighted by atomic mass is 9.73. The van der Waals surface area contributed by atoms with Crippen molar-refractivity contribution in [3.63, 3.8) is 0 Å². The summed E-state index contributed by atoms with van der Waals surface area (Å²) in [5.74, 6) is -0.877. The van der Waals surface area contributed by atoms with Gasteiger partial charge in [-0.3, -0.25) is 9.59 Å². The van der Waals surface area contributed by atoms with Crippen LogP contribution in [0.2, 0.25) is 0 Å². The maximum absolute atomic E-state index is 13.3. The summed E-state index contributed by atoms with van der Waals surface area (Å²) < 4.78 is 18.7. The number of nitrogens with one attached hydrogen (secondary N) is 1. The summed E-state index contributed by atoms with van der Waals surface area (Å²) in [5.41, 5.74) is 6.78. The molecule has 3 N–H and O–H groups in total. The van der Waals surface area contributed by atoms with Gasteiger partial charge in [0, 0.05) is 25.3 Å². The Hall–Kier alpha value is -2.73. The molecule has 3 rings (SSSR count). The van der Waals surface area contributed by atoms with Gasteiger partial charge in [0.1, 0.15) is 5.82 Å². The van der Waals surface area contributed by atoms with Crippen molar-refractivity contribution in [3.8, 4) is 0 Å². The molecule has 1 heterocycles. The van der Waals surface area contributed by atoms with Crippen LogP contribution < -0.4 is 11.1 Å². The first-order valence-electron chi connectivity index (χ1n) is 9.02. The van der Waals surface area contributed by atoms with E-state index < -0.39 is 11.3 Å². The number of primary amides is 1. The molecule has 2 aromatic rings. The number of carbonyl (C=O) groups excluding carboxylic acids is 2. The Kier molecular flexibility index (Phi) is 5.86. The van der Waals surface area contributed by atoms with Crippen LogP contribution in [0.1, 0.15) is 34.3 Å². The SMILES string of the molecule is NC(=O)c1cccc(CCNC(=O)C2(c3ccc(F)cc3)CCOCC2)c1. The average molecular weight is 370 g/mol. The Morgan fingerprint density at radius 2 is 1.81 bits per heavy atom. The molecule has 0 atom stereocenters. The van der Waals surface area contributed by atoms with Crippen LogP contribution in [0.15, 0.2) is 48.5 Å². The molecule has 0 bridgehead atoms. The van der Waals surface area contributed by atoms with Crippen molar-refractivity contribution in [3.05, 3.63) is 71.0 Å². The van der Waals surface area contributed by atoms with Gasteiger partial charge >= 0.3 is 0 Å². The van der Waals surface area contributed by atoms with Gasteiger partial charge in [-0.2, -0.15) is 0 Å². The predicted molar refractivity (Wildman–Crippen MR) is 99.8 cm³/mol. The quantitative estimate of drug-likeness (QED) is 0.819. The van der Waals surface area contributed by atoms with Gasteiger partial charge in [-0.25, -0.2) is 4.39 Å². The van der Waals surface area contributed by atoms with Crippen molar-refractivity contribution in [2.75, 3.05) is 19.8 Å². The lowest BCUT2D eigenvalue weighted by molar-refractivity contribution is -0.130. The van der Waals surface area contributed by atoms with Gasteiger partial charge in [0.25, 0.3) is 0 Å². The van der Waals surface area contributed by atoms with Crippen molar-refractivity contribution in [2.24, 2.45) is 5.73 Å².